The summed E-state index contributed by atoms with van der Waals surface area (Å²) >= 11 is 0. The fourth-order valence-electron chi connectivity index (χ4n) is 1.30. The van der Waals surface area contributed by atoms with E-state index in [0.717, 1.165) is 6.42 Å². The molecule has 1 aliphatic rings. The Bertz CT molecular complexity index is 65.3. The van der Waals surface area contributed by atoms with Gasteiger partial charge in [0.1, 0.15) is 0 Å². The van der Waals surface area contributed by atoms with Gasteiger partial charge in [0.25, 0.3) is 0 Å². The normalized spacial score (nSPS) is 35.3. The second-order valence-electron chi connectivity index (χ2n) is 2.83. The topological polar surface area (TPSA) is 20.2 Å². The molecular weight excluding hydrogens is 139 g/mol. The fraction of sp³-hybridized carbons (Fsp3) is 1.00. The molecule has 0 bridgehead atoms. The van der Waals surface area contributed by atoms with Gasteiger partial charge in [-0.1, -0.05) is 19.8 Å². The van der Waals surface area contributed by atoms with Crippen molar-refractivity contribution in [1.82, 2.24) is 0 Å². The second kappa shape index (κ2) is 5.27. The van der Waals surface area contributed by atoms with E-state index in [0.29, 0.717) is 5.92 Å². The average molecular weight is 154 g/mol. The summed E-state index contributed by atoms with van der Waals surface area (Å²) in [7, 11) is 0. The van der Waals surface area contributed by atoms with Crippen LogP contribution in [0.2, 0.25) is 0 Å². The zero-order valence-corrected chi connectivity index (χ0v) is 5.43. The molecule has 1 saturated carbocycles. The van der Waals surface area contributed by atoms with Crippen molar-refractivity contribution in [3.63, 3.8) is 0 Å². The van der Waals surface area contributed by atoms with Crippen LogP contribution in [-0.4, -0.2) is 62.6 Å². The molecule has 1 N–H and O–H groups in total. The first-order chi connectivity index (χ1) is 3.80. The summed E-state index contributed by atoms with van der Waals surface area (Å²) in [5, 5.41) is 9.18. The van der Waals surface area contributed by atoms with Crippen LogP contribution < -0.4 is 0 Å². The minimum atomic E-state index is 0. The van der Waals surface area contributed by atoms with Crippen LogP contribution >= 0.6 is 0 Å². The Morgan fingerprint density at radius 1 is 1.22 bits per heavy atom. The summed E-state index contributed by atoms with van der Waals surface area (Å²) < 4.78 is 0. The van der Waals surface area contributed by atoms with Crippen LogP contribution in [0.3, 0.4) is 0 Å². The van der Waals surface area contributed by atoms with Crippen molar-refractivity contribution in [2.45, 2.75) is 38.7 Å². The Balaban J connectivity index is 0.000000640. The maximum absolute atomic E-state index is 9.18. The molecule has 50 valence electrons. The molecule has 1 rings (SSSR count). The van der Waals surface area contributed by atoms with Gasteiger partial charge in [0, 0.05) is 0 Å². The van der Waals surface area contributed by atoms with E-state index in [1.165, 1.54) is 19.3 Å². The van der Waals surface area contributed by atoms with Gasteiger partial charge in [-0.3, -0.25) is 0 Å². The van der Waals surface area contributed by atoms with Crippen LogP contribution in [0.1, 0.15) is 32.6 Å². The zero-order chi connectivity index (χ0) is 5.98. The van der Waals surface area contributed by atoms with E-state index in [-0.39, 0.29) is 57.5 Å². The molecule has 1 aliphatic carbocycles. The van der Waals surface area contributed by atoms with E-state index in [1.54, 1.807) is 0 Å². The Kier molecular flexibility index (Phi) is 6.21. The van der Waals surface area contributed by atoms with Gasteiger partial charge in [0.05, 0.1) is 6.10 Å². The van der Waals surface area contributed by atoms with Gasteiger partial charge in [-0.25, -0.2) is 0 Å². The van der Waals surface area contributed by atoms with Crippen molar-refractivity contribution in [3.05, 3.63) is 0 Å². The standard InChI is InChI=1S/C7H14O.K.H/c1-6-4-2-3-5-7(6)8;;/h6-8H,2-5H2,1H3;;. The monoisotopic (exact) mass is 154 g/mol. The van der Waals surface area contributed by atoms with E-state index in [1.807, 2.05) is 0 Å². The SMILES string of the molecule is CC1CCCCC1O.[KH]. The predicted octanol–water partition coefficient (Wildman–Crippen LogP) is 0.909. The number of rotatable bonds is 0. The van der Waals surface area contributed by atoms with Crippen LogP contribution in [-0.2, 0) is 0 Å². The molecule has 0 spiro atoms. The van der Waals surface area contributed by atoms with Crippen LogP contribution in [0.25, 0.3) is 0 Å². The zero-order valence-electron chi connectivity index (χ0n) is 5.43. The maximum atomic E-state index is 9.18. The molecule has 0 aromatic heterocycles. The molecule has 0 saturated heterocycles. The van der Waals surface area contributed by atoms with Gasteiger partial charge in [0.15, 0.2) is 0 Å². The van der Waals surface area contributed by atoms with Crippen LogP contribution in [0.4, 0.5) is 0 Å². The number of hydrogen-bond acceptors (Lipinski definition) is 1. The van der Waals surface area contributed by atoms with Gasteiger partial charge in [-0.05, 0) is 18.8 Å². The van der Waals surface area contributed by atoms with Crippen molar-refractivity contribution in [1.29, 1.82) is 0 Å². The van der Waals surface area contributed by atoms with E-state index >= 15 is 0 Å². The van der Waals surface area contributed by atoms with E-state index in [4.69, 9.17) is 0 Å². The molecule has 9 heavy (non-hydrogen) atoms. The number of aliphatic hydroxyl groups is 1. The van der Waals surface area contributed by atoms with Crippen molar-refractivity contribution in [3.8, 4) is 0 Å². The number of hydrogen-bond donors (Lipinski definition) is 1. The third-order valence-electron chi connectivity index (χ3n) is 2.07. The molecule has 0 radical (unpaired) electrons. The van der Waals surface area contributed by atoms with Gasteiger partial charge >= 0.3 is 51.4 Å². The quantitative estimate of drug-likeness (QED) is 0.514. The van der Waals surface area contributed by atoms with Crippen LogP contribution in [0, 0.1) is 5.92 Å². The van der Waals surface area contributed by atoms with Crippen molar-refractivity contribution in [2.24, 2.45) is 5.92 Å². The van der Waals surface area contributed by atoms with Crippen molar-refractivity contribution in [2.75, 3.05) is 0 Å². The molecule has 2 unspecified atom stereocenters. The summed E-state index contributed by atoms with van der Waals surface area (Å²) in [6, 6.07) is 0. The Morgan fingerprint density at radius 2 is 1.78 bits per heavy atom. The summed E-state index contributed by atoms with van der Waals surface area (Å²) in [6.45, 7) is 2.13. The molecule has 0 aliphatic heterocycles. The molecule has 0 amide bonds. The van der Waals surface area contributed by atoms with Crippen LogP contribution in [0.5, 0.6) is 0 Å². The third-order valence-corrected chi connectivity index (χ3v) is 2.07. The second-order valence-corrected chi connectivity index (χ2v) is 2.83. The summed E-state index contributed by atoms with van der Waals surface area (Å²) in [5.41, 5.74) is 0. The molecule has 0 aromatic rings. The van der Waals surface area contributed by atoms with Crippen molar-refractivity contribution >= 4 is 51.4 Å². The molecule has 1 fully saturated rings. The van der Waals surface area contributed by atoms with Crippen LogP contribution in [0.15, 0.2) is 0 Å². The van der Waals surface area contributed by atoms with E-state index in [9.17, 15) is 5.11 Å². The Hall–Kier alpha value is 1.60. The van der Waals surface area contributed by atoms with Gasteiger partial charge < -0.3 is 5.11 Å². The Labute approximate surface area is 99.6 Å². The first-order valence-electron chi connectivity index (χ1n) is 3.49. The molecule has 1 nitrogen and oxygen atoms in total. The first kappa shape index (κ1) is 10.6. The molecule has 2 atom stereocenters. The summed E-state index contributed by atoms with van der Waals surface area (Å²) in [6.07, 6.45) is 4.80. The van der Waals surface area contributed by atoms with Gasteiger partial charge in [0.2, 0.25) is 0 Å². The van der Waals surface area contributed by atoms with E-state index in [2.05, 4.69) is 6.92 Å². The summed E-state index contributed by atoms with van der Waals surface area (Å²) in [5.74, 6) is 0.559. The first-order valence-corrected chi connectivity index (χ1v) is 3.49. The minimum absolute atomic E-state index is 0. The van der Waals surface area contributed by atoms with Crippen molar-refractivity contribution < 1.29 is 5.11 Å². The molecule has 2 heteroatoms. The fourth-order valence-corrected chi connectivity index (χ4v) is 1.30. The third kappa shape index (κ3) is 3.49. The summed E-state index contributed by atoms with van der Waals surface area (Å²) in [4.78, 5) is 0. The van der Waals surface area contributed by atoms with Gasteiger partial charge in [-0.2, -0.15) is 0 Å². The van der Waals surface area contributed by atoms with E-state index < -0.39 is 0 Å². The molecule has 0 aromatic carbocycles. The average Bonchev–Trinajstić information content (AvgIpc) is 1.77. The predicted molar refractivity (Wildman–Crippen MR) is 40.8 cm³/mol. The number of aliphatic hydroxyl groups excluding tert-OH is 1. The van der Waals surface area contributed by atoms with Gasteiger partial charge in [-0.15, -0.1) is 0 Å². The molecule has 0 heterocycles. The molecular formula is C7H15KO. The Morgan fingerprint density at radius 3 is 2.11 bits per heavy atom.